The number of fused-ring (bicyclic) bond motifs is 1. The molecular formula is C19H29Cl2N5O3S. The van der Waals surface area contributed by atoms with E-state index in [1.54, 1.807) is 19.0 Å². The van der Waals surface area contributed by atoms with Crippen LogP contribution in [0.25, 0.3) is 0 Å². The Labute approximate surface area is 192 Å². The van der Waals surface area contributed by atoms with Crippen molar-refractivity contribution in [1.29, 1.82) is 0 Å². The van der Waals surface area contributed by atoms with Crippen LogP contribution in [0.15, 0.2) is 0 Å². The lowest BCUT2D eigenvalue weighted by Gasteiger charge is -2.37. The highest BCUT2D eigenvalue weighted by Gasteiger charge is 2.36. The van der Waals surface area contributed by atoms with E-state index >= 15 is 0 Å². The van der Waals surface area contributed by atoms with Gasteiger partial charge in [0.15, 0.2) is 5.01 Å². The van der Waals surface area contributed by atoms with Crippen molar-refractivity contribution in [2.75, 3.05) is 33.6 Å². The summed E-state index contributed by atoms with van der Waals surface area (Å²) >= 11 is 7.06. The predicted molar refractivity (Wildman–Crippen MR) is 119 cm³/mol. The van der Waals surface area contributed by atoms with Crippen molar-refractivity contribution in [3.63, 3.8) is 0 Å². The van der Waals surface area contributed by atoms with Gasteiger partial charge in [-0.25, -0.2) is 4.98 Å². The number of amides is 3. The number of rotatable bonds is 5. The number of likely N-dealkylation sites (N-methyl/N-ethyl adjacent to an activating group) is 1. The largest absolute Gasteiger partial charge is 0.350 e. The SMILES string of the molecule is CN1CCc2nc(C(=O)N[C@@H]3C[C@@H](C(=O)N(C)C)CC[C@@H]3NC(=O)CCl)sc2C1.Cl. The highest BCUT2D eigenvalue weighted by molar-refractivity contribution is 7.13. The molecule has 11 heteroatoms. The van der Waals surface area contributed by atoms with Crippen molar-refractivity contribution in [2.24, 2.45) is 5.92 Å². The smallest absolute Gasteiger partial charge is 0.280 e. The average Bonchev–Trinajstić information content (AvgIpc) is 3.11. The molecule has 1 aliphatic carbocycles. The van der Waals surface area contributed by atoms with Gasteiger partial charge in [-0.15, -0.1) is 35.3 Å². The van der Waals surface area contributed by atoms with Crippen molar-refractivity contribution in [3.8, 4) is 0 Å². The van der Waals surface area contributed by atoms with Crippen LogP contribution < -0.4 is 10.6 Å². The minimum Gasteiger partial charge on any atom is -0.350 e. The zero-order valence-corrected chi connectivity index (χ0v) is 19.8. The van der Waals surface area contributed by atoms with E-state index in [4.69, 9.17) is 11.6 Å². The maximum atomic E-state index is 12.9. The fourth-order valence-electron chi connectivity index (χ4n) is 3.99. The Morgan fingerprint density at radius 2 is 1.97 bits per heavy atom. The minimum atomic E-state index is -0.346. The lowest BCUT2D eigenvalue weighted by atomic mass is 9.81. The maximum Gasteiger partial charge on any atom is 0.280 e. The fourth-order valence-corrected chi connectivity index (χ4v) is 5.16. The average molecular weight is 478 g/mol. The normalized spacial score (nSPS) is 23.7. The third-order valence-corrected chi connectivity index (χ3v) is 6.86. The van der Waals surface area contributed by atoms with Crippen molar-refractivity contribution < 1.29 is 14.4 Å². The van der Waals surface area contributed by atoms with Gasteiger partial charge in [-0.2, -0.15) is 0 Å². The molecule has 30 heavy (non-hydrogen) atoms. The van der Waals surface area contributed by atoms with Gasteiger partial charge in [-0.05, 0) is 26.3 Å². The van der Waals surface area contributed by atoms with Crippen LogP contribution in [0.1, 0.15) is 39.6 Å². The second-order valence-corrected chi connectivity index (χ2v) is 9.36. The van der Waals surface area contributed by atoms with Crippen molar-refractivity contribution >= 4 is 53.1 Å². The summed E-state index contributed by atoms with van der Waals surface area (Å²) in [5, 5.41) is 6.35. The van der Waals surface area contributed by atoms with Crippen molar-refractivity contribution in [3.05, 3.63) is 15.6 Å². The first-order valence-corrected chi connectivity index (χ1v) is 11.2. The second-order valence-electron chi connectivity index (χ2n) is 8.01. The highest BCUT2D eigenvalue weighted by atomic mass is 35.5. The Bertz CT molecular complexity index is 788. The molecule has 2 aliphatic rings. The number of halogens is 2. The Hall–Kier alpha value is -1.42. The van der Waals surface area contributed by atoms with Crippen molar-refractivity contribution in [1.82, 2.24) is 25.4 Å². The van der Waals surface area contributed by atoms with Gasteiger partial charge in [0.25, 0.3) is 5.91 Å². The van der Waals surface area contributed by atoms with Crippen LogP contribution in [0.3, 0.4) is 0 Å². The zero-order valence-electron chi connectivity index (χ0n) is 17.4. The van der Waals surface area contributed by atoms with Crippen LogP contribution in [-0.2, 0) is 22.6 Å². The number of carbonyl (C=O) groups is 3. The molecule has 0 bridgehead atoms. The lowest BCUT2D eigenvalue weighted by molar-refractivity contribution is -0.134. The molecule has 3 rings (SSSR count). The van der Waals surface area contributed by atoms with Crippen LogP contribution in [0.5, 0.6) is 0 Å². The van der Waals surface area contributed by atoms with E-state index in [0.717, 1.165) is 30.1 Å². The molecule has 2 heterocycles. The van der Waals surface area contributed by atoms with Crippen LogP contribution >= 0.6 is 35.3 Å². The van der Waals surface area contributed by atoms with Gasteiger partial charge >= 0.3 is 0 Å². The quantitative estimate of drug-likeness (QED) is 0.622. The molecule has 0 saturated heterocycles. The summed E-state index contributed by atoms with van der Waals surface area (Å²) in [6.45, 7) is 1.73. The van der Waals surface area contributed by atoms with Crippen molar-refractivity contribution in [2.45, 2.75) is 44.3 Å². The lowest BCUT2D eigenvalue weighted by Crippen LogP contribution is -2.56. The fraction of sp³-hybridized carbons (Fsp3) is 0.684. The number of aromatic nitrogens is 1. The molecule has 3 atom stereocenters. The van der Waals surface area contributed by atoms with E-state index in [1.165, 1.54) is 11.3 Å². The first-order valence-electron chi connectivity index (χ1n) is 9.83. The number of carbonyl (C=O) groups excluding carboxylic acids is 3. The van der Waals surface area contributed by atoms with Gasteiger partial charge in [0.2, 0.25) is 11.8 Å². The van der Waals surface area contributed by atoms with Gasteiger partial charge in [0.1, 0.15) is 5.88 Å². The number of thiazole rings is 1. The van der Waals surface area contributed by atoms with E-state index in [1.807, 2.05) is 0 Å². The number of hydrogen-bond acceptors (Lipinski definition) is 6. The Kier molecular flexibility index (Phi) is 8.90. The van der Waals surface area contributed by atoms with Gasteiger partial charge < -0.3 is 20.4 Å². The molecule has 1 saturated carbocycles. The summed E-state index contributed by atoms with van der Waals surface area (Å²) in [7, 11) is 5.51. The molecule has 1 fully saturated rings. The third-order valence-electron chi connectivity index (χ3n) is 5.54. The number of nitrogens with zero attached hydrogens (tertiary/aromatic N) is 3. The topological polar surface area (TPSA) is 94.6 Å². The second kappa shape index (κ2) is 10.7. The van der Waals surface area contributed by atoms with Crippen LogP contribution in [0.4, 0.5) is 0 Å². The number of alkyl halides is 1. The molecule has 0 radical (unpaired) electrons. The van der Waals surface area contributed by atoms with Gasteiger partial charge in [-0.3, -0.25) is 14.4 Å². The molecule has 1 aromatic rings. The zero-order chi connectivity index (χ0) is 21.1. The monoisotopic (exact) mass is 477 g/mol. The Morgan fingerprint density at radius 3 is 2.63 bits per heavy atom. The summed E-state index contributed by atoms with van der Waals surface area (Å²) in [6, 6.07) is -0.599. The summed E-state index contributed by atoms with van der Waals surface area (Å²) < 4.78 is 0. The molecule has 1 aromatic heterocycles. The molecule has 8 nitrogen and oxygen atoms in total. The van der Waals surface area contributed by atoms with Gasteiger partial charge in [0, 0.05) is 50.4 Å². The first-order chi connectivity index (χ1) is 13.8. The highest BCUT2D eigenvalue weighted by Crippen LogP contribution is 2.28. The van der Waals surface area contributed by atoms with Gasteiger partial charge in [-0.1, -0.05) is 0 Å². The van der Waals surface area contributed by atoms with E-state index in [2.05, 4.69) is 27.6 Å². The molecule has 0 aromatic carbocycles. The molecule has 168 valence electrons. The summed E-state index contributed by atoms with van der Waals surface area (Å²) in [4.78, 5) is 46.6. The maximum absolute atomic E-state index is 12.9. The molecular weight excluding hydrogens is 449 g/mol. The molecule has 0 spiro atoms. The Morgan fingerprint density at radius 1 is 1.23 bits per heavy atom. The van der Waals surface area contributed by atoms with E-state index in [9.17, 15) is 14.4 Å². The Balaban J connectivity index is 0.00000320. The summed E-state index contributed by atoms with van der Waals surface area (Å²) in [5.41, 5.74) is 0.995. The predicted octanol–water partition coefficient (Wildman–Crippen LogP) is 1.26. The minimum absolute atomic E-state index is 0. The number of nitrogens with one attached hydrogen (secondary N) is 2. The van der Waals surface area contributed by atoms with E-state index in [-0.39, 0.29) is 54.0 Å². The molecule has 2 N–H and O–H groups in total. The molecule has 3 amide bonds. The summed E-state index contributed by atoms with van der Waals surface area (Å²) in [6.07, 6.45) is 2.59. The standard InChI is InChI=1S/C19H28ClN5O3S.ClH/c1-24(2)19(28)11-4-5-12(21-16(26)9-20)14(8-11)22-17(27)18-23-13-6-7-25(3)10-15(13)29-18;/h11-12,14H,4-10H2,1-3H3,(H,21,26)(H,22,27);1H/t11-,12-,14+;/m0./s1. The third kappa shape index (κ3) is 5.84. The molecule has 1 aliphatic heterocycles. The summed E-state index contributed by atoms with van der Waals surface area (Å²) in [5.74, 6) is -0.804. The van der Waals surface area contributed by atoms with E-state index < -0.39 is 0 Å². The molecule has 0 unspecified atom stereocenters. The van der Waals surface area contributed by atoms with Crippen LogP contribution in [-0.4, -0.2) is 78.2 Å². The van der Waals surface area contributed by atoms with Crippen LogP contribution in [0, 0.1) is 5.92 Å². The first kappa shape index (κ1) is 24.8. The van der Waals surface area contributed by atoms with E-state index in [0.29, 0.717) is 24.3 Å². The number of hydrogen-bond donors (Lipinski definition) is 2. The van der Waals surface area contributed by atoms with Gasteiger partial charge in [0.05, 0.1) is 11.7 Å². The van der Waals surface area contributed by atoms with Crippen LogP contribution in [0.2, 0.25) is 0 Å².